The van der Waals surface area contributed by atoms with Gasteiger partial charge in [0, 0.05) is 18.3 Å². The zero-order valence-electron chi connectivity index (χ0n) is 12.9. The van der Waals surface area contributed by atoms with Gasteiger partial charge < -0.3 is 15.4 Å². The van der Waals surface area contributed by atoms with Crippen LogP contribution in [0.3, 0.4) is 0 Å². The Morgan fingerprint density at radius 3 is 2.70 bits per heavy atom. The minimum atomic E-state index is -0.264. The molecule has 1 aromatic carbocycles. The number of benzene rings is 1. The van der Waals surface area contributed by atoms with Crippen LogP contribution in [0, 0.1) is 0 Å². The zero-order chi connectivity index (χ0) is 15.0. The molecule has 0 spiro atoms. The van der Waals surface area contributed by atoms with Gasteiger partial charge in [-0.2, -0.15) is 0 Å². The van der Waals surface area contributed by atoms with E-state index >= 15 is 0 Å². The van der Waals surface area contributed by atoms with Crippen molar-refractivity contribution in [1.29, 1.82) is 0 Å². The van der Waals surface area contributed by atoms with Gasteiger partial charge >= 0.3 is 0 Å². The maximum absolute atomic E-state index is 11.8. The Morgan fingerprint density at radius 1 is 1.30 bits per heavy atom. The van der Waals surface area contributed by atoms with E-state index in [1.165, 1.54) is 0 Å². The Labute approximate surface area is 121 Å². The second-order valence-corrected chi connectivity index (χ2v) is 5.02. The van der Waals surface area contributed by atoms with E-state index in [9.17, 15) is 4.79 Å². The van der Waals surface area contributed by atoms with Crippen LogP contribution in [0.25, 0.3) is 0 Å². The summed E-state index contributed by atoms with van der Waals surface area (Å²) in [7, 11) is 0. The highest BCUT2D eigenvalue weighted by Gasteiger charge is 2.12. The molecule has 1 amide bonds. The van der Waals surface area contributed by atoms with Crippen molar-refractivity contribution in [2.45, 2.75) is 52.7 Å². The summed E-state index contributed by atoms with van der Waals surface area (Å²) in [4.78, 5) is 11.8. The molecule has 20 heavy (non-hydrogen) atoms. The van der Waals surface area contributed by atoms with Crippen molar-refractivity contribution in [2.75, 3.05) is 11.9 Å². The second kappa shape index (κ2) is 8.46. The summed E-state index contributed by atoms with van der Waals surface area (Å²) in [6.45, 7) is 8.73. The Balaban J connectivity index is 2.59. The first-order valence-electron chi connectivity index (χ1n) is 7.37. The van der Waals surface area contributed by atoms with Crippen LogP contribution in [0.15, 0.2) is 24.3 Å². The van der Waals surface area contributed by atoms with E-state index in [0.717, 1.165) is 24.3 Å². The molecule has 0 aliphatic rings. The van der Waals surface area contributed by atoms with E-state index in [-0.39, 0.29) is 18.1 Å². The van der Waals surface area contributed by atoms with Gasteiger partial charge in [-0.05, 0) is 38.8 Å². The van der Waals surface area contributed by atoms with Gasteiger partial charge in [0.15, 0.2) is 0 Å². The van der Waals surface area contributed by atoms with Crippen molar-refractivity contribution in [1.82, 2.24) is 5.32 Å². The lowest BCUT2D eigenvalue weighted by Gasteiger charge is -2.17. The molecule has 2 atom stereocenters. The Bertz CT molecular complexity index is 421. The SMILES string of the molecule is CCCNC(=O)C(C)Nc1cccc(OC(C)CC)c1. The van der Waals surface area contributed by atoms with Crippen LogP contribution < -0.4 is 15.4 Å². The number of amides is 1. The highest BCUT2D eigenvalue weighted by atomic mass is 16.5. The molecule has 0 aliphatic carbocycles. The lowest BCUT2D eigenvalue weighted by molar-refractivity contribution is -0.121. The molecule has 2 unspecified atom stereocenters. The quantitative estimate of drug-likeness (QED) is 0.768. The van der Waals surface area contributed by atoms with Crippen LogP contribution in [-0.4, -0.2) is 24.6 Å². The monoisotopic (exact) mass is 278 g/mol. The van der Waals surface area contributed by atoms with Crippen LogP contribution in [-0.2, 0) is 4.79 Å². The van der Waals surface area contributed by atoms with Crippen molar-refractivity contribution in [3.63, 3.8) is 0 Å². The number of carbonyl (C=O) groups is 1. The number of ether oxygens (including phenoxy) is 1. The number of hydrogen-bond donors (Lipinski definition) is 2. The number of nitrogens with one attached hydrogen (secondary N) is 2. The first kappa shape index (κ1) is 16.3. The average Bonchev–Trinajstić information content (AvgIpc) is 2.44. The van der Waals surface area contributed by atoms with Crippen LogP contribution in [0.2, 0.25) is 0 Å². The molecule has 112 valence electrons. The summed E-state index contributed by atoms with van der Waals surface area (Å²) in [6, 6.07) is 7.46. The molecule has 0 heterocycles. The van der Waals surface area contributed by atoms with E-state index in [1.807, 2.05) is 45.0 Å². The number of hydrogen-bond acceptors (Lipinski definition) is 3. The summed E-state index contributed by atoms with van der Waals surface area (Å²) in [6.07, 6.45) is 2.10. The van der Waals surface area contributed by atoms with Crippen molar-refractivity contribution in [2.24, 2.45) is 0 Å². The van der Waals surface area contributed by atoms with E-state index in [4.69, 9.17) is 4.74 Å². The normalized spacial score (nSPS) is 13.4. The fourth-order valence-electron chi connectivity index (χ4n) is 1.69. The molecular weight excluding hydrogens is 252 g/mol. The Morgan fingerprint density at radius 2 is 2.05 bits per heavy atom. The number of rotatable bonds is 8. The molecule has 0 saturated heterocycles. The van der Waals surface area contributed by atoms with Gasteiger partial charge in [-0.3, -0.25) is 4.79 Å². The molecule has 0 aliphatic heterocycles. The van der Waals surface area contributed by atoms with Crippen molar-refractivity contribution in [3.8, 4) is 5.75 Å². The standard InChI is InChI=1S/C16H26N2O2/c1-5-10-17-16(19)13(4)18-14-8-7-9-15(11-14)20-12(3)6-2/h7-9,11-13,18H,5-6,10H2,1-4H3,(H,17,19). The summed E-state index contributed by atoms with van der Waals surface area (Å²) in [5.74, 6) is 0.839. The van der Waals surface area contributed by atoms with Crippen molar-refractivity contribution in [3.05, 3.63) is 24.3 Å². The largest absolute Gasteiger partial charge is 0.491 e. The summed E-state index contributed by atoms with van der Waals surface area (Å²) < 4.78 is 5.77. The highest BCUT2D eigenvalue weighted by Crippen LogP contribution is 2.19. The fraction of sp³-hybridized carbons (Fsp3) is 0.562. The fourth-order valence-corrected chi connectivity index (χ4v) is 1.69. The lowest BCUT2D eigenvalue weighted by Crippen LogP contribution is -2.37. The number of carbonyl (C=O) groups excluding carboxylic acids is 1. The van der Waals surface area contributed by atoms with E-state index < -0.39 is 0 Å². The predicted molar refractivity (Wildman–Crippen MR) is 83.2 cm³/mol. The van der Waals surface area contributed by atoms with Gasteiger partial charge in [-0.25, -0.2) is 0 Å². The van der Waals surface area contributed by atoms with Gasteiger partial charge in [0.2, 0.25) is 5.91 Å². The zero-order valence-corrected chi connectivity index (χ0v) is 12.9. The van der Waals surface area contributed by atoms with Crippen LogP contribution in [0.4, 0.5) is 5.69 Å². The molecule has 2 N–H and O–H groups in total. The lowest BCUT2D eigenvalue weighted by atomic mass is 10.2. The van der Waals surface area contributed by atoms with Gasteiger partial charge in [0.25, 0.3) is 0 Å². The maximum atomic E-state index is 11.8. The molecule has 0 saturated carbocycles. The minimum absolute atomic E-state index is 0.0140. The second-order valence-electron chi connectivity index (χ2n) is 5.02. The third-order valence-corrected chi connectivity index (χ3v) is 3.07. The molecule has 4 heteroatoms. The molecular formula is C16H26N2O2. The predicted octanol–water partition coefficient (Wildman–Crippen LogP) is 3.19. The summed E-state index contributed by atoms with van der Waals surface area (Å²) in [5.41, 5.74) is 0.893. The van der Waals surface area contributed by atoms with Crippen molar-refractivity contribution < 1.29 is 9.53 Å². The highest BCUT2D eigenvalue weighted by molar-refractivity contribution is 5.84. The first-order valence-corrected chi connectivity index (χ1v) is 7.37. The maximum Gasteiger partial charge on any atom is 0.242 e. The Kier molecular flexibility index (Phi) is 6.91. The van der Waals surface area contributed by atoms with Crippen LogP contribution >= 0.6 is 0 Å². The third-order valence-electron chi connectivity index (χ3n) is 3.07. The minimum Gasteiger partial charge on any atom is -0.491 e. The molecule has 0 fully saturated rings. The Hall–Kier alpha value is -1.71. The van der Waals surface area contributed by atoms with Gasteiger partial charge in [-0.1, -0.05) is 19.9 Å². The van der Waals surface area contributed by atoms with E-state index in [2.05, 4.69) is 17.6 Å². The van der Waals surface area contributed by atoms with Gasteiger partial charge in [0.1, 0.15) is 11.8 Å². The third kappa shape index (κ3) is 5.51. The molecule has 1 rings (SSSR count). The molecule has 0 bridgehead atoms. The van der Waals surface area contributed by atoms with Gasteiger partial charge in [0.05, 0.1) is 6.10 Å². The van der Waals surface area contributed by atoms with E-state index in [1.54, 1.807) is 0 Å². The van der Waals surface area contributed by atoms with Crippen LogP contribution in [0.5, 0.6) is 5.75 Å². The first-order chi connectivity index (χ1) is 9.56. The smallest absolute Gasteiger partial charge is 0.242 e. The molecule has 0 aromatic heterocycles. The average molecular weight is 278 g/mol. The molecule has 4 nitrogen and oxygen atoms in total. The summed E-state index contributed by atoms with van der Waals surface area (Å²) in [5, 5.41) is 6.07. The van der Waals surface area contributed by atoms with Gasteiger partial charge in [-0.15, -0.1) is 0 Å². The number of anilines is 1. The van der Waals surface area contributed by atoms with Crippen LogP contribution in [0.1, 0.15) is 40.5 Å². The topological polar surface area (TPSA) is 50.4 Å². The van der Waals surface area contributed by atoms with E-state index in [0.29, 0.717) is 6.54 Å². The molecule has 0 radical (unpaired) electrons. The molecule has 1 aromatic rings. The summed E-state index contributed by atoms with van der Waals surface area (Å²) >= 11 is 0. The van der Waals surface area contributed by atoms with Crippen molar-refractivity contribution >= 4 is 11.6 Å².